The summed E-state index contributed by atoms with van der Waals surface area (Å²) in [6.45, 7) is 4.16. The number of carbonyl (C=O) groups excluding carboxylic acids is 1. The lowest BCUT2D eigenvalue weighted by atomic mass is 10.4. The van der Waals surface area contributed by atoms with Gasteiger partial charge in [0.2, 0.25) is 5.13 Å². The molecule has 1 unspecified atom stereocenters. The normalized spacial score (nSPS) is 12.2. The Morgan fingerprint density at radius 1 is 1.60 bits per heavy atom. The van der Waals surface area contributed by atoms with Gasteiger partial charge in [0.05, 0.1) is 12.6 Å². The summed E-state index contributed by atoms with van der Waals surface area (Å²) in [4.78, 5) is 11.4. The number of methoxy groups -OCH3 is 1. The van der Waals surface area contributed by atoms with Crippen LogP contribution in [0.2, 0.25) is 0 Å². The first-order valence-electron chi connectivity index (χ1n) is 4.48. The lowest BCUT2D eigenvalue weighted by molar-refractivity contribution is 0.173. The van der Waals surface area contributed by atoms with Crippen LogP contribution < -0.4 is 10.6 Å². The number of anilines is 1. The minimum atomic E-state index is -0.296. The number of aryl methyl sites for hydroxylation is 1. The molecule has 84 valence electrons. The molecule has 2 amide bonds. The molecular weight excluding hydrogens is 216 g/mol. The minimum absolute atomic E-state index is 0.0379. The minimum Gasteiger partial charge on any atom is -0.383 e. The smallest absolute Gasteiger partial charge is 0.321 e. The van der Waals surface area contributed by atoms with Gasteiger partial charge in [-0.05, 0) is 13.8 Å². The Hall–Kier alpha value is -1.21. The van der Waals surface area contributed by atoms with Gasteiger partial charge < -0.3 is 10.1 Å². The van der Waals surface area contributed by atoms with Gasteiger partial charge in [0.25, 0.3) is 0 Å². The second-order valence-electron chi connectivity index (χ2n) is 3.08. The van der Waals surface area contributed by atoms with Gasteiger partial charge in [-0.1, -0.05) is 11.3 Å². The number of hydrogen-bond donors (Lipinski definition) is 2. The third-order valence-corrected chi connectivity index (χ3v) is 2.29. The van der Waals surface area contributed by atoms with Gasteiger partial charge in [0.15, 0.2) is 0 Å². The Labute approximate surface area is 92.0 Å². The Morgan fingerprint density at radius 3 is 2.87 bits per heavy atom. The maximum absolute atomic E-state index is 11.4. The molecule has 0 bridgehead atoms. The van der Waals surface area contributed by atoms with Crippen LogP contribution in [0.1, 0.15) is 11.9 Å². The van der Waals surface area contributed by atoms with E-state index in [-0.39, 0.29) is 12.1 Å². The van der Waals surface area contributed by atoms with Crippen molar-refractivity contribution < 1.29 is 9.53 Å². The van der Waals surface area contributed by atoms with Crippen LogP contribution in [0.5, 0.6) is 0 Å². The van der Waals surface area contributed by atoms with Gasteiger partial charge in [0.1, 0.15) is 5.01 Å². The SMILES string of the molecule is COCC(C)NC(=O)Nc1nnc(C)s1. The summed E-state index contributed by atoms with van der Waals surface area (Å²) < 4.78 is 4.89. The Kier molecular flexibility index (Phi) is 4.44. The summed E-state index contributed by atoms with van der Waals surface area (Å²) >= 11 is 1.33. The third-order valence-electron chi connectivity index (χ3n) is 1.54. The molecule has 0 fully saturated rings. The first-order valence-corrected chi connectivity index (χ1v) is 5.30. The van der Waals surface area contributed by atoms with E-state index in [1.807, 2.05) is 13.8 Å². The van der Waals surface area contributed by atoms with Gasteiger partial charge in [-0.25, -0.2) is 4.79 Å². The second kappa shape index (κ2) is 5.62. The summed E-state index contributed by atoms with van der Waals surface area (Å²) in [6, 6.07) is -0.334. The van der Waals surface area contributed by atoms with Crippen LogP contribution in [0.25, 0.3) is 0 Å². The number of urea groups is 1. The van der Waals surface area contributed by atoms with E-state index in [9.17, 15) is 4.79 Å². The average Bonchev–Trinajstić information content (AvgIpc) is 2.51. The van der Waals surface area contributed by atoms with Gasteiger partial charge in [-0.3, -0.25) is 5.32 Å². The zero-order valence-electron chi connectivity index (χ0n) is 8.90. The fourth-order valence-corrected chi connectivity index (χ4v) is 1.58. The highest BCUT2D eigenvalue weighted by molar-refractivity contribution is 7.15. The first kappa shape index (κ1) is 11.9. The molecule has 2 N–H and O–H groups in total. The monoisotopic (exact) mass is 230 g/mol. The van der Waals surface area contributed by atoms with Crippen molar-refractivity contribution in [1.29, 1.82) is 0 Å². The highest BCUT2D eigenvalue weighted by Gasteiger charge is 2.08. The third kappa shape index (κ3) is 4.22. The average molecular weight is 230 g/mol. The Balaban J connectivity index is 2.36. The molecular formula is C8H14N4O2S. The standard InChI is InChI=1S/C8H14N4O2S/c1-5(4-14-3)9-7(13)10-8-12-11-6(2)15-8/h5H,4H2,1-3H3,(H2,9,10,12,13). The molecule has 0 radical (unpaired) electrons. The van der Waals surface area contributed by atoms with Crippen LogP contribution in [0.3, 0.4) is 0 Å². The van der Waals surface area contributed by atoms with E-state index in [0.29, 0.717) is 11.7 Å². The van der Waals surface area contributed by atoms with Crippen molar-refractivity contribution in [2.24, 2.45) is 0 Å². The zero-order valence-corrected chi connectivity index (χ0v) is 9.72. The predicted molar refractivity (Wildman–Crippen MR) is 58.1 cm³/mol. The molecule has 0 aliphatic heterocycles. The molecule has 7 heteroatoms. The van der Waals surface area contributed by atoms with Crippen molar-refractivity contribution in [3.8, 4) is 0 Å². The van der Waals surface area contributed by atoms with Crippen LogP contribution in [-0.2, 0) is 4.74 Å². The zero-order chi connectivity index (χ0) is 11.3. The molecule has 6 nitrogen and oxygen atoms in total. The van der Waals surface area contributed by atoms with Crippen LogP contribution in [0.15, 0.2) is 0 Å². The molecule has 0 aromatic carbocycles. The molecule has 0 aliphatic carbocycles. The van der Waals surface area contributed by atoms with Gasteiger partial charge >= 0.3 is 6.03 Å². The molecule has 1 heterocycles. The van der Waals surface area contributed by atoms with Gasteiger partial charge in [0, 0.05) is 7.11 Å². The van der Waals surface area contributed by atoms with E-state index < -0.39 is 0 Å². The predicted octanol–water partition coefficient (Wildman–Crippen LogP) is 1.00. The molecule has 0 saturated heterocycles. The van der Waals surface area contributed by atoms with E-state index in [2.05, 4.69) is 20.8 Å². The number of rotatable bonds is 4. The molecule has 0 spiro atoms. The Morgan fingerprint density at radius 2 is 2.33 bits per heavy atom. The quantitative estimate of drug-likeness (QED) is 0.809. The topological polar surface area (TPSA) is 76.1 Å². The van der Waals surface area contributed by atoms with Crippen molar-refractivity contribution in [1.82, 2.24) is 15.5 Å². The van der Waals surface area contributed by atoms with E-state index in [4.69, 9.17) is 4.74 Å². The van der Waals surface area contributed by atoms with Crippen molar-refractivity contribution in [3.63, 3.8) is 0 Å². The lowest BCUT2D eigenvalue weighted by Gasteiger charge is -2.11. The van der Waals surface area contributed by atoms with Crippen molar-refractivity contribution in [2.75, 3.05) is 19.0 Å². The number of ether oxygens (including phenoxy) is 1. The molecule has 1 atom stereocenters. The summed E-state index contributed by atoms with van der Waals surface area (Å²) in [7, 11) is 1.59. The number of carbonyl (C=O) groups is 1. The van der Waals surface area contributed by atoms with E-state index in [0.717, 1.165) is 5.01 Å². The molecule has 1 aromatic rings. The Bertz CT molecular complexity index is 328. The van der Waals surface area contributed by atoms with Crippen molar-refractivity contribution >= 4 is 22.5 Å². The van der Waals surface area contributed by atoms with Crippen LogP contribution >= 0.6 is 11.3 Å². The van der Waals surface area contributed by atoms with E-state index in [1.165, 1.54) is 11.3 Å². The van der Waals surface area contributed by atoms with Crippen molar-refractivity contribution in [2.45, 2.75) is 19.9 Å². The maximum Gasteiger partial charge on any atom is 0.321 e. The summed E-state index contributed by atoms with van der Waals surface area (Å²) in [5.74, 6) is 0. The molecule has 0 aliphatic rings. The van der Waals surface area contributed by atoms with Crippen LogP contribution in [0, 0.1) is 6.92 Å². The maximum atomic E-state index is 11.4. The number of aromatic nitrogens is 2. The number of nitrogens with zero attached hydrogens (tertiary/aromatic N) is 2. The van der Waals surface area contributed by atoms with Crippen LogP contribution in [0.4, 0.5) is 9.93 Å². The number of amides is 2. The summed E-state index contributed by atoms with van der Waals surface area (Å²) in [5.41, 5.74) is 0. The van der Waals surface area contributed by atoms with Gasteiger partial charge in [-0.2, -0.15) is 0 Å². The van der Waals surface area contributed by atoms with Gasteiger partial charge in [-0.15, -0.1) is 10.2 Å². The molecule has 1 aromatic heterocycles. The summed E-state index contributed by atoms with van der Waals surface area (Å²) in [6.07, 6.45) is 0. The first-order chi connectivity index (χ1) is 7.11. The largest absolute Gasteiger partial charge is 0.383 e. The molecule has 15 heavy (non-hydrogen) atoms. The fourth-order valence-electron chi connectivity index (χ4n) is 0.996. The molecule has 1 rings (SSSR count). The van der Waals surface area contributed by atoms with Crippen molar-refractivity contribution in [3.05, 3.63) is 5.01 Å². The van der Waals surface area contributed by atoms with E-state index >= 15 is 0 Å². The number of hydrogen-bond acceptors (Lipinski definition) is 5. The van der Waals surface area contributed by atoms with Crippen LogP contribution in [-0.4, -0.2) is 36.0 Å². The number of nitrogens with one attached hydrogen (secondary N) is 2. The van der Waals surface area contributed by atoms with E-state index in [1.54, 1.807) is 7.11 Å². The highest BCUT2D eigenvalue weighted by Crippen LogP contribution is 2.12. The fraction of sp³-hybridized carbons (Fsp3) is 0.625. The lowest BCUT2D eigenvalue weighted by Crippen LogP contribution is -2.38. The highest BCUT2D eigenvalue weighted by atomic mass is 32.1. The molecule has 0 saturated carbocycles. The summed E-state index contributed by atoms with van der Waals surface area (Å²) in [5, 5.41) is 14.2. The second-order valence-corrected chi connectivity index (χ2v) is 4.26.